The predicted octanol–water partition coefficient (Wildman–Crippen LogP) is 16.8. The second kappa shape index (κ2) is 23.5. The molecule has 0 heterocycles. The summed E-state index contributed by atoms with van der Waals surface area (Å²) in [6, 6.07) is 0. The Bertz CT molecular complexity index is 1660. The van der Waals surface area contributed by atoms with Crippen LogP contribution >= 0.6 is 11.6 Å². The normalized spacial score (nSPS) is 45.0. The molecule has 69 heavy (non-hydrogen) atoms. The number of aliphatic hydroxyl groups is 2. The third-order valence-corrected chi connectivity index (χ3v) is 24.3. The first-order chi connectivity index (χ1) is 32.4. The van der Waals surface area contributed by atoms with Crippen molar-refractivity contribution in [2.45, 2.75) is 263 Å². The van der Waals surface area contributed by atoms with Crippen molar-refractivity contribution in [3.05, 3.63) is 0 Å². The maximum absolute atomic E-state index is 12.2. The lowest BCUT2D eigenvalue weighted by Crippen LogP contribution is -2.59. The maximum Gasteiger partial charge on any atom is 0.302 e. The van der Waals surface area contributed by atoms with E-state index in [9.17, 15) is 19.8 Å². The molecule has 8 rings (SSSR count). The van der Waals surface area contributed by atoms with Crippen LogP contribution in [0.25, 0.3) is 0 Å². The molecule has 2 N–H and O–H groups in total. The van der Waals surface area contributed by atoms with E-state index in [-0.39, 0.29) is 29.5 Å². The lowest BCUT2D eigenvalue weighted by atomic mass is 9.43. The second-order valence-corrected chi connectivity index (χ2v) is 28.9. The number of esters is 1. The number of fused-ring (bicyclic) bond motifs is 10. The Labute approximate surface area is 431 Å². The quantitative estimate of drug-likeness (QED) is 0.142. The average Bonchev–Trinajstić information content (AvgIpc) is 3.81. The molecule has 0 aromatic carbocycles. The summed E-state index contributed by atoms with van der Waals surface area (Å²) >= 11 is 4.64. The molecule has 6 heteroatoms. The minimum Gasteiger partial charge on any atom is -0.462 e. The van der Waals surface area contributed by atoms with E-state index in [2.05, 4.69) is 102 Å². The highest BCUT2D eigenvalue weighted by molar-refractivity contribution is 6.62. The van der Waals surface area contributed by atoms with Crippen molar-refractivity contribution in [3.63, 3.8) is 0 Å². The van der Waals surface area contributed by atoms with Crippen LogP contribution < -0.4 is 0 Å². The van der Waals surface area contributed by atoms with Gasteiger partial charge in [0.15, 0.2) is 0 Å². The van der Waals surface area contributed by atoms with Crippen LogP contribution in [0.2, 0.25) is 0 Å². The largest absolute Gasteiger partial charge is 0.462 e. The molecule has 8 fully saturated rings. The first-order valence-corrected chi connectivity index (χ1v) is 30.4. The van der Waals surface area contributed by atoms with Crippen molar-refractivity contribution in [2.75, 3.05) is 0 Å². The van der Waals surface area contributed by atoms with E-state index in [1.54, 1.807) is 6.92 Å². The molecule has 0 aromatic heterocycles. The van der Waals surface area contributed by atoms with E-state index < -0.39 is 0 Å². The number of carbonyl (C=O) groups excluding carboxylic acids is 2. The topological polar surface area (TPSA) is 83.8 Å². The highest BCUT2D eigenvalue weighted by atomic mass is 35.5. The zero-order valence-electron chi connectivity index (χ0n) is 47.6. The third-order valence-electron chi connectivity index (χ3n) is 24.3. The summed E-state index contributed by atoms with van der Waals surface area (Å²) < 4.78 is 6.22. The van der Waals surface area contributed by atoms with Gasteiger partial charge in [-0.2, -0.15) is 0 Å². The minimum absolute atomic E-state index is 0.0503. The standard InChI is InChI=1S/C32H56O2.C29H52O2.C2H3ClO/c1-9-24(20(2)3)11-10-22(5)26-12-13-27-30-28(15-17-32(26,27)8)31(7)16-14-21(4)18-25(31)19-29(30)34-23(6)33;1-7-20(18(2)3)9-8-19(4)23-10-11-24-27-25(13-15-29(23,24)6)28(5)14-12-22(30)16-21(28)17-26(27)31;1-2(3)4/h20-22,24-30H,9-19H2,1-8H3;18-27,30-31H,7-17H2,1-6H3;1H3/t21-,22+,24+,25-,26+,27?,28?,29?,30-,31-,32+;19-,20-,21+,22+,23-,24?,25?,26?,27+,28+,29-;/m01./s1. The molecule has 8 aliphatic rings. The van der Waals surface area contributed by atoms with Crippen LogP contribution in [0, 0.1) is 122 Å². The Morgan fingerprint density at radius 3 is 1.45 bits per heavy atom. The van der Waals surface area contributed by atoms with Crippen molar-refractivity contribution in [1.82, 2.24) is 0 Å². The van der Waals surface area contributed by atoms with Gasteiger partial charge < -0.3 is 14.9 Å². The Kier molecular flexibility index (Phi) is 19.6. The fourth-order valence-electron chi connectivity index (χ4n) is 20.3. The number of hydrogen-bond donors (Lipinski definition) is 2. The lowest BCUT2D eigenvalue weighted by Gasteiger charge is -2.63. The van der Waals surface area contributed by atoms with Crippen molar-refractivity contribution >= 4 is 22.8 Å². The number of hydrogen-bond acceptors (Lipinski definition) is 5. The van der Waals surface area contributed by atoms with Crippen LogP contribution in [0.15, 0.2) is 0 Å². The molecule has 0 bridgehead atoms. The first kappa shape index (κ1) is 57.6. The van der Waals surface area contributed by atoms with Crippen LogP contribution in [-0.4, -0.2) is 39.7 Å². The molecule has 400 valence electrons. The highest BCUT2D eigenvalue weighted by Crippen LogP contribution is 2.71. The summed E-state index contributed by atoms with van der Waals surface area (Å²) in [5.74, 6) is 12.7. The van der Waals surface area contributed by atoms with E-state index in [0.29, 0.717) is 51.2 Å². The molecule has 0 aromatic rings. The summed E-state index contributed by atoms with van der Waals surface area (Å²) in [5, 5.41) is 21.3. The monoisotopic (exact) mass is 983 g/mol. The number of aliphatic hydroxyl groups excluding tert-OH is 2. The van der Waals surface area contributed by atoms with E-state index in [1.807, 2.05) is 0 Å². The zero-order valence-corrected chi connectivity index (χ0v) is 48.4. The summed E-state index contributed by atoms with van der Waals surface area (Å²) in [4.78, 5) is 21.5. The van der Waals surface area contributed by atoms with Gasteiger partial charge in [0.2, 0.25) is 5.24 Å². The Hall–Kier alpha value is -0.650. The Balaban J connectivity index is 0.000000211. The van der Waals surface area contributed by atoms with E-state index in [1.165, 1.54) is 122 Å². The fourth-order valence-corrected chi connectivity index (χ4v) is 20.3. The smallest absolute Gasteiger partial charge is 0.302 e. The molecular formula is C63H111ClO5. The molecule has 6 unspecified atom stereocenters. The van der Waals surface area contributed by atoms with Crippen molar-refractivity contribution in [3.8, 4) is 0 Å². The Morgan fingerprint density at radius 2 is 0.986 bits per heavy atom. The van der Waals surface area contributed by atoms with Gasteiger partial charge >= 0.3 is 5.97 Å². The molecular weight excluding hydrogens is 872 g/mol. The summed E-state index contributed by atoms with van der Waals surface area (Å²) in [5.41, 5.74) is 1.67. The van der Waals surface area contributed by atoms with Gasteiger partial charge in [-0.25, -0.2) is 0 Å². The molecule has 0 aliphatic heterocycles. The second-order valence-electron chi connectivity index (χ2n) is 28.3. The van der Waals surface area contributed by atoms with Crippen molar-refractivity contribution < 1.29 is 24.5 Å². The van der Waals surface area contributed by atoms with Gasteiger partial charge in [0.05, 0.1) is 12.2 Å². The molecule has 0 radical (unpaired) electrons. The Morgan fingerprint density at radius 1 is 0.565 bits per heavy atom. The van der Waals surface area contributed by atoms with E-state index >= 15 is 0 Å². The minimum atomic E-state index is -0.361. The molecule has 5 nitrogen and oxygen atoms in total. The van der Waals surface area contributed by atoms with Gasteiger partial charge in [0, 0.05) is 19.8 Å². The van der Waals surface area contributed by atoms with Gasteiger partial charge in [-0.15, -0.1) is 0 Å². The highest BCUT2D eigenvalue weighted by Gasteiger charge is 2.65. The van der Waals surface area contributed by atoms with Crippen LogP contribution in [-0.2, 0) is 14.3 Å². The van der Waals surface area contributed by atoms with Gasteiger partial charge in [-0.1, -0.05) is 122 Å². The zero-order chi connectivity index (χ0) is 51.0. The lowest BCUT2D eigenvalue weighted by molar-refractivity contribution is -0.191. The van der Waals surface area contributed by atoms with Gasteiger partial charge in [-0.05, 0) is 237 Å². The molecule has 22 atom stereocenters. The van der Waals surface area contributed by atoms with Gasteiger partial charge in [-0.3, -0.25) is 9.59 Å². The van der Waals surface area contributed by atoms with Gasteiger partial charge in [0.25, 0.3) is 0 Å². The van der Waals surface area contributed by atoms with Crippen LogP contribution in [0.3, 0.4) is 0 Å². The number of ether oxygens (including phenoxy) is 1. The fraction of sp³-hybridized carbons (Fsp3) is 0.968. The predicted molar refractivity (Wildman–Crippen MR) is 288 cm³/mol. The molecule has 0 saturated heterocycles. The van der Waals surface area contributed by atoms with Crippen LogP contribution in [0.5, 0.6) is 0 Å². The van der Waals surface area contributed by atoms with Crippen molar-refractivity contribution in [2.24, 2.45) is 122 Å². The summed E-state index contributed by atoms with van der Waals surface area (Å²) in [6.45, 7) is 35.3. The van der Waals surface area contributed by atoms with E-state index in [0.717, 1.165) is 96.7 Å². The molecule has 0 spiro atoms. The molecule has 8 saturated carbocycles. The summed E-state index contributed by atoms with van der Waals surface area (Å²) in [6.07, 6.45) is 28.3. The number of halogens is 1. The number of carbonyl (C=O) groups is 2. The molecule has 0 amide bonds. The average molecular weight is 984 g/mol. The van der Waals surface area contributed by atoms with Crippen molar-refractivity contribution in [1.29, 1.82) is 0 Å². The third kappa shape index (κ3) is 11.9. The van der Waals surface area contributed by atoms with Crippen LogP contribution in [0.1, 0.15) is 245 Å². The first-order valence-electron chi connectivity index (χ1n) is 30.0. The number of rotatable bonds is 13. The SMILES string of the molecule is CC(=O)Cl.CC[C@H](CC[C@@H](C)[C@H]1CCC2[C@@H]3C(O)C[C@@H]4C[C@@H](O)CC[C@]4(C)C3CC[C@@]21C)C(C)C.CC[C@H](CC[C@@H](C)[C@H]1CCC2[C@@H]3C(OC(C)=O)C[C@@H]4C[C@@H](C)CC[C@]4(C)C3CC[C@@]21C)C(C)C. The maximum atomic E-state index is 12.2. The van der Waals surface area contributed by atoms with Gasteiger partial charge in [0.1, 0.15) is 6.10 Å². The van der Waals surface area contributed by atoms with Crippen LogP contribution in [0.4, 0.5) is 0 Å². The van der Waals surface area contributed by atoms with E-state index in [4.69, 9.17) is 4.74 Å². The molecule has 8 aliphatic carbocycles. The summed E-state index contributed by atoms with van der Waals surface area (Å²) in [7, 11) is 0.